The predicted molar refractivity (Wildman–Crippen MR) is 101 cm³/mol. The normalized spacial score (nSPS) is 15.2. The van der Waals surface area contributed by atoms with Crippen LogP contribution in [0.4, 0.5) is 4.79 Å². The molecule has 0 unspecified atom stereocenters. The zero-order valence-corrected chi connectivity index (χ0v) is 16.7. The number of nitrogens with one attached hydrogen (secondary N) is 1. The van der Waals surface area contributed by atoms with Crippen LogP contribution in [0, 0.1) is 0 Å². The van der Waals surface area contributed by atoms with Crippen LogP contribution in [0.3, 0.4) is 0 Å². The number of rotatable bonds is 5. The molecule has 0 radical (unpaired) electrons. The molecule has 2 amide bonds. The van der Waals surface area contributed by atoms with Crippen molar-refractivity contribution in [2.24, 2.45) is 0 Å². The molecular formula is C19H27ClN2O4. The Morgan fingerprint density at radius 3 is 2.27 bits per heavy atom. The lowest BCUT2D eigenvalue weighted by atomic mass is 9.98. The van der Waals surface area contributed by atoms with Gasteiger partial charge in [-0.2, -0.15) is 0 Å². The summed E-state index contributed by atoms with van der Waals surface area (Å²) >= 11 is 5.85. The largest absolute Gasteiger partial charge is 0.487 e. The van der Waals surface area contributed by atoms with Crippen LogP contribution in [0.2, 0.25) is 5.02 Å². The minimum Gasteiger partial charge on any atom is -0.487 e. The van der Waals surface area contributed by atoms with Gasteiger partial charge < -0.3 is 19.7 Å². The highest BCUT2D eigenvalue weighted by Crippen LogP contribution is 2.22. The minimum absolute atomic E-state index is 0.0259. The zero-order valence-electron chi connectivity index (χ0n) is 16.0. The van der Waals surface area contributed by atoms with Crippen LogP contribution in [0.15, 0.2) is 24.3 Å². The van der Waals surface area contributed by atoms with Crippen molar-refractivity contribution in [3.8, 4) is 5.75 Å². The van der Waals surface area contributed by atoms with Gasteiger partial charge in [-0.3, -0.25) is 4.79 Å². The quantitative estimate of drug-likeness (QED) is 0.844. The van der Waals surface area contributed by atoms with E-state index < -0.39 is 17.2 Å². The molecule has 0 aliphatic carbocycles. The second-order valence-corrected chi connectivity index (χ2v) is 8.62. The first-order valence-electron chi connectivity index (χ1n) is 8.65. The van der Waals surface area contributed by atoms with E-state index in [1.54, 1.807) is 63.8 Å². The molecule has 1 N–H and O–H groups in total. The molecule has 144 valence electrons. The number of likely N-dealkylation sites (tertiary alicyclic amines) is 1. The molecule has 1 fully saturated rings. The van der Waals surface area contributed by atoms with E-state index in [0.717, 1.165) is 5.75 Å². The average Bonchev–Trinajstić information content (AvgIpc) is 2.40. The fraction of sp³-hybridized carbons (Fsp3) is 0.579. The van der Waals surface area contributed by atoms with Crippen molar-refractivity contribution < 1.29 is 19.1 Å². The maximum Gasteiger partial charge on any atom is 0.408 e. The summed E-state index contributed by atoms with van der Waals surface area (Å²) < 4.78 is 11.0. The maximum atomic E-state index is 12.4. The average molecular weight is 383 g/mol. The first-order valence-corrected chi connectivity index (χ1v) is 9.02. The molecule has 0 aromatic heterocycles. The molecule has 0 saturated carbocycles. The number of carbonyl (C=O) groups is 2. The fourth-order valence-corrected chi connectivity index (χ4v) is 2.66. The second kappa shape index (κ2) is 7.74. The van der Waals surface area contributed by atoms with Crippen molar-refractivity contribution in [1.29, 1.82) is 0 Å². The van der Waals surface area contributed by atoms with E-state index in [4.69, 9.17) is 21.1 Å². The smallest absolute Gasteiger partial charge is 0.408 e. The molecule has 1 aromatic rings. The summed E-state index contributed by atoms with van der Waals surface area (Å²) in [5, 5.41) is 3.41. The van der Waals surface area contributed by atoms with E-state index >= 15 is 0 Å². The van der Waals surface area contributed by atoms with Gasteiger partial charge in [0.25, 0.3) is 0 Å². The number of halogens is 1. The number of hydrogen-bond acceptors (Lipinski definition) is 4. The number of alkyl carbamates (subject to hydrolysis) is 1. The van der Waals surface area contributed by atoms with Gasteiger partial charge in [0, 0.05) is 17.0 Å². The van der Waals surface area contributed by atoms with Crippen LogP contribution in [-0.4, -0.2) is 47.2 Å². The van der Waals surface area contributed by atoms with Crippen LogP contribution in [0.25, 0.3) is 0 Å². The van der Waals surface area contributed by atoms with E-state index in [1.807, 2.05) is 0 Å². The van der Waals surface area contributed by atoms with Crippen molar-refractivity contribution in [3.63, 3.8) is 0 Å². The van der Waals surface area contributed by atoms with Gasteiger partial charge >= 0.3 is 6.09 Å². The Bertz CT molecular complexity index is 646. The van der Waals surface area contributed by atoms with Crippen molar-refractivity contribution >= 4 is 23.6 Å². The van der Waals surface area contributed by atoms with Gasteiger partial charge in [-0.05, 0) is 58.9 Å². The monoisotopic (exact) mass is 382 g/mol. The molecule has 0 spiro atoms. The van der Waals surface area contributed by atoms with Crippen LogP contribution in [0.1, 0.15) is 41.0 Å². The van der Waals surface area contributed by atoms with Crippen LogP contribution in [0.5, 0.6) is 5.75 Å². The lowest BCUT2D eigenvalue weighted by molar-refractivity contribution is -0.141. The summed E-state index contributed by atoms with van der Waals surface area (Å²) in [4.78, 5) is 26.0. The van der Waals surface area contributed by atoms with Crippen LogP contribution in [-0.2, 0) is 9.53 Å². The van der Waals surface area contributed by atoms with Gasteiger partial charge in [0.2, 0.25) is 5.91 Å². The Morgan fingerprint density at radius 2 is 1.73 bits per heavy atom. The maximum absolute atomic E-state index is 12.4. The van der Waals surface area contributed by atoms with Crippen molar-refractivity contribution in [2.75, 3.05) is 13.1 Å². The Hall–Kier alpha value is -1.95. The molecule has 1 saturated heterocycles. The van der Waals surface area contributed by atoms with Gasteiger partial charge in [-0.25, -0.2) is 4.79 Å². The Labute approximate surface area is 159 Å². The summed E-state index contributed by atoms with van der Waals surface area (Å²) in [6, 6.07) is 7.15. The highest BCUT2D eigenvalue weighted by Gasteiger charge is 2.35. The summed E-state index contributed by atoms with van der Waals surface area (Å²) in [5.74, 6) is 0.709. The van der Waals surface area contributed by atoms with E-state index in [9.17, 15) is 9.59 Å². The Morgan fingerprint density at radius 1 is 1.15 bits per heavy atom. The predicted octanol–water partition coefficient (Wildman–Crippen LogP) is 3.62. The Kier molecular flexibility index (Phi) is 6.06. The van der Waals surface area contributed by atoms with Gasteiger partial charge in [0.1, 0.15) is 17.5 Å². The van der Waals surface area contributed by atoms with E-state index in [2.05, 4.69) is 5.32 Å². The van der Waals surface area contributed by atoms with E-state index in [0.29, 0.717) is 18.1 Å². The number of amides is 2. The lowest BCUT2D eigenvalue weighted by Crippen LogP contribution is -2.58. The van der Waals surface area contributed by atoms with Gasteiger partial charge in [-0.15, -0.1) is 0 Å². The summed E-state index contributed by atoms with van der Waals surface area (Å²) in [6.07, 6.45) is -0.357. The topological polar surface area (TPSA) is 67.9 Å². The molecule has 6 nitrogen and oxygen atoms in total. The summed E-state index contributed by atoms with van der Waals surface area (Å²) in [5.41, 5.74) is -1.27. The first-order chi connectivity index (χ1) is 11.9. The van der Waals surface area contributed by atoms with Crippen molar-refractivity contribution in [1.82, 2.24) is 10.2 Å². The third-order valence-electron chi connectivity index (χ3n) is 3.75. The van der Waals surface area contributed by atoms with Gasteiger partial charge in [0.15, 0.2) is 0 Å². The zero-order chi connectivity index (χ0) is 19.5. The molecular weight excluding hydrogens is 356 g/mol. The first kappa shape index (κ1) is 20.4. The SMILES string of the molecule is CC(C)(CC(=O)N1CC(Oc2ccc(Cl)cc2)C1)NC(=O)OC(C)(C)C. The number of carbonyl (C=O) groups excluding carboxylic acids is 2. The van der Waals surface area contributed by atoms with E-state index in [1.165, 1.54) is 0 Å². The number of nitrogens with zero attached hydrogens (tertiary/aromatic N) is 1. The fourth-order valence-electron chi connectivity index (χ4n) is 2.54. The molecule has 1 aromatic carbocycles. The lowest BCUT2D eigenvalue weighted by Gasteiger charge is -2.40. The highest BCUT2D eigenvalue weighted by molar-refractivity contribution is 6.30. The third-order valence-corrected chi connectivity index (χ3v) is 4.00. The summed E-state index contributed by atoms with van der Waals surface area (Å²) in [7, 11) is 0. The van der Waals surface area contributed by atoms with Crippen LogP contribution < -0.4 is 10.1 Å². The number of benzene rings is 1. The second-order valence-electron chi connectivity index (χ2n) is 8.18. The Balaban J connectivity index is 1.76. The molecule has 0 atom stereocenters. The molecule has 2 rings (SSSR count). The number of ether oxygens (including phenoxy) is 2. The molecule has 26 heavy (non-hydrogen) atoms. The third kappa shape index (κ3) is 6.41. The van der Waals surface area contributed by atoms with E-state index in [-0.39, 0.29) is 18.4 Å². The highest BCUT2D eigenvalue weighted by atomic mass is 35.5. The molecule has 7 heteroatoms. The van der Waals surface area contributed by atoms with Crippen molar-refractivity contribution in [3.05, 3.63) is 29.3 Å². The molecule has 1 aliphatic rings. The van der Waals surface area contributed by atoms with Gasteiger partial charge in [0.05, 0.1) is 13.1 Å². The van der Waals surface area contributed by atoms with Crippen LogP contribution >= 0.6 is 11.6 Å². The molecule has 0 bridgehead atoms. The van der Waals surface area contributed by atoms with Gasteiger partial charge in [-0.1, -0.05) is 11.6 Å². The minimum atomic E-state index is -0.693. The number of hydrogen-bond donors (Lipinski definition) is 1. The standard InChI is InChI=1S/C19H27ClN2O4/c1-18(2,3)26-17(24)21-19(4,5)10-16(23)22-11-15(12-22)25-14-8-6-13(20)7-9-14/h6-9,15H,10-12H2,1-5H3,(H,21,24). The summed E-state index contributed by atoms with van der Waals surface area (Å²) in [6.45, 7) is 10.1. The molecule has 1 aliphatic heterocycles. The van der Waals surface area contributed by atoms with Crippen molar-refractivity contribution in [2.45, 2.75) is 58.3 Å². The molecule has 1 heterocycles.